The summed E-state index contributed by atoms with van der Waals surface area (Å²) in [5.74, 6) is -0.880. The van der Waals surface area contributed by atoms with Gasteiger partial charge in [-0.05, 0) is 34.9 Å². The largest absolute Gasteiger partial charge is 0.366 e. The minimum Gasteiger partial charge on any atom is -0.366 e. The average Bonchev–Trinajstić information content (AvgIpc) is 3.07. The smallest absolute Gasteiger partial charge is 0.317 e. The van der Waals surface area contributed by atoms with Crippen molar-refractivity contribution in [2.75, 3.05) is 5.32 Å². The van der Waals surface area contributed by atoms with Crippen LogP contribution >= 0.6 is 11.3 Å². The highest BCUT2D eigenvalue weighted by atomic mass is 32.1. The van der Waals surface area contributed by atoms with Crippen LogP contribution in [0.2, 0.25) is 0 Å². The molecule has 3 aromatic rings. The summed E-state index contributed by atoms with van der Waals surface area (Å²) >= 11 is 1.23. The lowest BCUT2D eigenvalue weighted by Gasteiger charge is -2.06. The molecule has 0 saturated heterocycles. The lowest BCUT2D eigenvalue weighted by molar-refractivity contribution is 0.100. The van der Waals surface area contributed by atoms with Crippen molar-refractivity contribution in [3.8, 4) is 10.4 Å². The topological polar surface area (TPSA) is 110 Å². The second-order valence-corrected chi connectivity index (χ2v) is 7.19. The van der Waals surface area contributed by atoms with Crippen LogP contribution in [0.15, 0.2) is 54.6 Å². The first kappa shape index (κ1) is 19.5. The zero-order valence-corrected chi connectivity index (χ0v) is 15.7. The van der Waals surface area contributed by atoms with E-state index in [4.69, 9.17) is 11.5 Å². The fourth-order valence-corrected chi connectivity index (χ4v) is 3.73. The minimum absolute atomic E-state index is 0.226. The fraction of sp³-hybridized carbons (Fsp3) is 0.100. The van der Waals surface area contributed by atoms with Gasteiger partial charge in [-0.25, -0.2) is 9.18 Å². The number of halogens is 1. The van der Waals surface area contributed by atoms with Crippen molar-refractivity contribution in [1.82, 2.24) is 5.32 Å². The van der Waals surface area contributed by atoms with Gasteiger partial charge in [0.1, 0.15) is 10.8 Å². The van der Waals surface area contributed by atoms with Gasteiger partial charge in [0.15, 0.2) is 0 Å². The molecule has 0 aliphatic carbocycles. The molecule has 0 saturated carbocycles. The fourth-order valence-electron chi connectivity index (χ4n) is 2.66. The standard InChI is InChI=1S/C20H19FN4O2S/c21-15-7-3-13(4-8-15)11-24-10-12-1-5-14(6-2-12)17-9-16(18(22)26)19(28-17)25-20(23)27/h1-9,24H,10-11H2,(H2,22,26)(H3,23,25,27). The molecule has 3 amide bonds. The molecule has 0 aliphatic rings. The van der Waals surface area contributed by atoms with E-state index in [1.54, 1.807) is 18.2 Å². The van der Waals surface area contributed by atoms with Crippen molar-refractivity contribution in [3.05, 3.63) is 77.1 Å². The monoisotopic (exact) mass is 398 g/mol. The summed E-state index contributed by atoms with van der Waals surface area (Å²) in [7, 11) is 0. The van der Waals surface area contributed by atoms with E-state index in [9.17, 15) is 14.0 Å². The first-order chi connectivity index (χ1) is 13.4. The molecular weight excluding hydrogens is 379 g/mol. The van der Waals surface area contributed by atoms with Gasteiger partial charge in [-0.2, -0.15) is 0 Å². The number of benzene rings is 2. The zero-order chi connectivity index (χ0) is 20.1. The van der Waals surface area contributed by atoms with Crippen molar-refractivity contribution < 1.29 is 14.0 Å². The van der Waals surface area contributed by atoms with Gasteiger partial charge in [0.2, 0.25) is 0 Å². The van der Waals surface area contributed by atoms with Crippen molar-refractivity contribution >= 4 is 28.3 Å². The minimum atomic E-state index is -0.751. The molecule has 8 heteroatoms. The predicted molar refractivity (Wildman–Crippen MR) is 108 cm³/mol. The van der Waals surface area contributed by atoms with Crippen LogP contribution in [0.3, 0.4) is 0 Å². The number of nitrogens with one attached hydrogen (secondary N) is 2. The summed E-state index contributed by atoms with van der Waals surface area (Å²) < 4.78 is 12.9. The molecule has 6 N–H and O–H groups in total. The van der Waals surface area contributed by atoms with Gasteiger partial charge in [0.05, 0.1) is 5.56 Å². The number of thiophene rings is 1. The van der Waals surface area contributed by atoms with Crippen LogP contribution in [-0.2, 0) is 13.1 Å². The third-order valence-corrected chi connectivity index (χ3v) is 5.14. The van der Waals surface area contributed by atoms with E-state index >= 15 is 0 Å². The molecule has 0 spiro atoms. The second kappa shape index (κ2) is 8.64. The number of anilines is 1. The van der Waals surface area contributed by atoms with Crippen LogP contribution < -0.4 is 22.1 Å². The van der Waals surface area contributed by atoms with Crippen LogP contribution in [-0.4, -0.2) is 11.9 Å². The average molecular weight is 398 g/mol. The number of amides is 3. The van der Waals surface area contributed by atoms with Crippen molar-refractivity contribution in [2.24, 2.45) is 11.5 Å². The van der Waals surface area contributed by atoms with Crippen LogP contribution in [0.1, 0.15) is 21.5 Å². The molecule has 3 rings (SSSR count). The van der Waals surface area contributed by atoms with Gasteiger partial charge in [-0.3, -0.25) is 10.1 Å². The Balaban J connectivity index is 1.66. The quantitative estimate of drug-likeness (QED) is 0.489. The van der Waals surface area contributed by atoms with Gasteiger partial charge in [0, 0.05) is 18.0 Å². The van der Waals surface area contributed by atoms with Crippen LogP contribution in [0.25, 0.3) is 10.4 Å². The molecule has 1 heterocycles. The van der Waals surface area contributed by atoms with E-state index in [-0.39, 0.29) is 11.4 Å². The molecule has 0 bridgehead atoms. The Morgan fingerprint density at radius 1 is 0.929 bits per heavy atom. The Kier molecular flexibility index (Phi) is 6.03. The van der Waals surface area contributed by atoms with E-state index in [0.29, 0.717) is 18.1 Å². The highest BCUT2D eigenvalue weighted by Crippen LogP contribution is 2.35. The number of rotatable bonds is 7. The van der Waals surface area contributed by atoms with E-state index in [1.807, 2.05) is 24.3 Å². The van der Waals surface area contributed by atoms with E-state index in [2.05, 4.69) is 10.6 Å². The van der Waals surface area contributed by atoms with Gasteiger partial charge < -0.3 is 16.8 Å². The van der Waals surface area contributed by atoms with Gasteiger partial charge >= 0.3 is 6.03 Å². The number of hydrogen-bond donors (Lipinski definition) is 4. The molecular formula is C20H19FN4O2S. The zero-order valence-electron chi connectivity index (χ0n) is 14.9. The molecule has 6 nitrogen and oxygen atoms in total. The van der Waals surface area contributed by atoms with Gasteiger partial charge in [-0.1, -0.05) is 36.4 Å². The number of primary amides is 2. The summed E-state index contributed by atoms with van der Waals surface area (Å²) in [5.41, 5.74) is 13.7. The summed E-state index contributed by atoms with van der Waals surface area (Å²) in [6, 6.07) is 15.1. The first-order valence-corrected chi connectivity index (χ1v) is 9.28. The highest BCUT2D eigenvalue weighted by Gasteiger charge is 2.16. The predicted octanol–water partition coefficient (Wildman–Crippen LogP) is 3.43. The van der Waals surface area contributed by atoms with Gasteiger partial charge in [0.25, 0.3) is 5.91 Å². The Bertz CT molecular complexity index is 984. The molecule has 144 valence electrons. The Morgan fingerprint density at radius 2 is 1.50 bits per heavy atom. The number of carbonyl (C=O) groups is 2. The Labute approximate surface area is 165 Å². The molecule has 2 aromatic carbocycles. The van der Waals surface area contributed by atoms with Crippen LogP contribution in [0.5, 0.6) is 0 Å². The maximum atomic E-state index is 12.9. The normalized spacial score (nSPS) is 10.6. The number of urea groups is 1. The molecule has 0 radical (unpaired) electrons. The van der Waals surface area contributed by atoms with E-state index in [0.717, 1.165) is 21.6 Å². The van der Waals surface area contributed by atoms with Gasteiger partial charge in [-0.15, -0.1) is 11.3 Å². The second-order valence-electron chi connectivity index (χ2n) is 6.13. The summed E-state index contributed by atoms with van der Waals surface area (Å²) in [4.78, 5) is 23.5. The Morgan fingerprint density at radius 3 is 2.04 bits per heavy atom. The molecule has 28 heavy (non-hydrogen) atoms. The molecule has 0 aliphatic heterocycles. The third-order valence-electron chi connectivity index (χ3n) is 4.04. The van der Waals surface area contributed by atoms with Crippen LogP contribution in [0, 0.1) is 5.82 Å². The van der Waals surface area contributed by atoms with Crippen molar-refractivity contribution in [1.29, 1.82) is 0 Å². The number of carbonyl (C=O) groups excluding carboxylic acids is 2. The maximum absolute atomic E-state index is 12.9. The van der Waals surface area contributed by atoms with E-state index in [1.165, 1.54) is 23.5 Å². The first-order valence-electron chi connectivity index (χ1n) is 8.47. The summed E-state index contributed by atoms with van der Waals surface area (Å²) in [6.45, 7) is 1.29. The molecule has 0 atom stereocenters. The third kappa shape index (κ3) is 4.93. The van der Waals surface area contributed by atoms with Crippen molar-refractivity contribution in [2.45, 2.75) is 13.1 Å². The molecule has 0 unspecified atom stereocenters. The SMILES string of the molecule is NC(=O)Nc1sc(-c2ccc(CNCc3ccc(F)cc3)cc2)cc1C(N)=O. The highest BCUT2D eigenvalue weighted by molar-refractivity contribution is 7.20. The van der Waals surface area contributed by atoms with Crippen LogP contribution in [0.4, 0.5) is 14.2 Å². The molecule has 1 aromatic heterocycles. The van der Waals surface area contributed by atoms with E-state index < -0.39 is 11.9 Å². The summed E-state index contributed by atoms with van der Waals surface area (Å²) in [5, 5.41) is 6.06. The summed E-state index contributed by atoms with van der Waals surface area (Å²) in [6.07, 6.45) is 0. The molecule has 0 fully saturated rings. The number of nitrogens with two attached hydrogens (primary N) is 2. The number of hydrogen-bond acceptors (Lipinski definition) is 4. The maximum Gasteiger partial charge on any atom is 0.317 e. The lowest BCUT2D eigenvalue weighted by Crippen LogP contribution is -2.21. The Hall–Kier alpha value is -3.23. The lowest BCUT2D eigenvalue weighted by atomic mass is 10.1. The van der Waals surface area contributed by atoms with Crippen molar-refractivity contribution in [3.63, 3.8) is 0 Å².